The molecule has 0 radical (unpaired) electrons. The number of benzene rings is 2. The van der Waals surface area contributed by atoms with Crippen LogP contribution in [0.3, 0.4) is 0 Å². The van der Waals surface area contributed by atoms with Crippen molar-refractivity contribution < 1.29 is 79.9 Å². The average molecular weight is 797 g/mol. The maximum absolute atomic E-state index is 12.9. The summed E-state index contributed by atoms with van der Waals surface area (Å²) in [6.45, 7) is 6.53. The second kappa shape index (κ2) is 21.8. The molecule has 4 atom stereocenters. The van der Waals surface area contributed by atoms with Crippen LogP contribution in [0.5, 0.6) is 11.5 Å². The van der Waals surface area contributed by atoms with Gasteiger partial charge in [-0.3, -0.25) is 0 Å². The van der Waals surface area contributed by atoms with Crippen LogP contribution in [0.1, 0.15) is 64.7 Å². The molecule has 2 aromatic carbocycles. The van der Waals surface area contributed by atoms with Crippen LogP contribution in [0.25, 0.3) is 0 Å². The number of ether oxygens (including phenoxy) is 8. The predicted octanol–water partition coefficient (Wildman–Crippen LogP) is 2.33. The Labute approximate surface area is 317 Å². The number of rotatable bonds is 21. The lowest BCUT2D eigenvalue weighted by atomic mass is 10.1. The summed E-state index contributed by atoms with van der Waals surface area (Å²) < 4.78 is 64.9. The van der Waals surface area contributed by atoms with Crippen molar-refractivity contribution >= 4 is 57.5 Å². The third-order valence-corrected chi connectivity index (χ3v) is 7.80. The van der Waals surface area contributed by atoms with Gasteiger partial charge in [0.2, 0.25) is 10.0 Å². The van der Waals surface area contributed by atoms with E-state index in [1.165, 1.54) is 13.0 Å². The summed E-state index contributed by atoms with van der Waals surface area (Å²) in [6, 6.07) is 10.4. The highest BCUT2D eigenvalue weighted by Gasteiger charge is 2.31. The summed E-state index contributed by atoms with van der Waals surface area (Å²) in [6.07, 6.45) is -4.45. The number of anilines is 1. The summed E-state index contributed by atoms with van der Waals surface area (Å²) in [4.78, 5) is 85.2. The minimum atomic E-state index is -4.46. The molecule has 20 heteroatoms. The SMILES string of the molecule is CCCCNc1cc(C(=O)OCC(=O)OCC(=O)OC(C)C(=O)OC(C)C(=O)OC(C)C(=O)OC(C)C(=O)OCC)cc(S(N)(=O)=O)c1Oc1ccccc1. The number of esters is 7. The van der Waals surface area contributed by atoms with E-state index in [0.29, 0.717) is 18.7 Å². The van der Waals surface area contributed by atoms with Gasteiger partial charge in [-0.2, -0.15) is 0 Å². The maximum Gasteiger partial charge on any atom is 0.347 e. The summed E-state index contributed by atoms with van der Waals surface area (Å²) in [5, 5.41) is 8.48. The zero-order chi connectivity index (χ0) is 41.3. The Kier molecular flexibility index (Phi) is 18.0. The molecule has 0 aliphatic rings. The summed E-state index contributed by atoms with van der Waals surface area (Å²) in [7, 11) is -4.46. The molecular formula is C35H44N2O17S. The molecular weight excluding hydrogens is 752 g/mol. The van der Waals surface area contributed by atoms with E-state index < -0.39 is 94.3 Å². The first-order valence-electron chi connectivity index (χ1n) is 16.9. The van der Waals surface area contributed by atoms with Crippen molar-refractivity contribution in [3.63, 3.8) is 0 Å². The quantitative estimate of drug-likeness (QED) is 0.104. The number of carbonyl (C=O) groups excluding carboxylic acids is 7. The maximum atomic E-state index is 12.9. The molecule has 0 amide bonds. The van der Waals surface area contributed by atoms with Gasteiger partial charge in [0.15, 0.2) is 43.4 Å². The minimum absolute atomic E-state index is 0.0569. The summed E-state index contributed by atoms with van der Waals surface area (Å²) in [5.41, 5.74) is -0.198. The number of nitrogens with one attached hydrogen (secondary N) is 1. The topological polar surface area (TPSA) is 266 Å². The molecule has 0 bridgehead atoms. The minimum Gasteiger partial charge on any atom is -0.463 e. The van der Waals surface area contributed by atoms with Crippen molar-refractivity contribution in [3.8, 4) is 11.5 Å². The van der Waals surface area contributed by atoms with E-state index in [2.05, 4.69) is 5.32 Å². The van der Waals surface area contributed by atoms with Crippen LogP contribution in [0.15, 0.2) is 47.4 Å². The van der Waals surface area contributed by atoms with Gasteiger partial charge in [-0.25, -0.2) is 47.1 Å². The molecule has 0 fully saturated rings. The summed E-state index contributed by atoms with van der Waals surface area (Å²) >= 11 is 0. The number of hydrogen-bond acceptors (Lipinski definition) is 18. The van der Waals surface area contributed by atoms with Gasteiger partial charge >= 0.3 is 41.8 Å². The lowest BCUT2D eigenvalue weighted by molar-refractivity contribution is -0.185. The van der Waals surface area contributed by atoms with E-state index in [0.717, 1.165) is 33.3 Å². The Balaban J connectivity index is 1.93. The number of unbranched alkanes of at least 4 members (excludes halogenated alkanes) is 1. The number of para-hydroxylation sites is 1. The highest BCUT2D eigenvalue weighted by molar-refractivity contribution is 7.89. The summed E-state index contributed by atoms with van der Waals surface area (Å²) in [5.74, 6) is -7.69. The van der Waals surface area contributed by atoms with Crippen molar-refractivity contribution in [1.82, 2.24) is 0 Å². The molecule has 302 valence electrons. The van der Waals surface area contributed by atoms with Gasteiger partial charge in [-0.05, 0) is 65.3 Å². The first-order valence-corrected chi connectivity index (χ1v) is 18.4. The number of carbonyl (C=O) groups is 7. The Bertz CT molecular complexity index is 1800. The largest absolute Gasteiger partial charge is 0.463 e. The Morgan fingerprint density at radius 1 is 0.691 bits per heavy atom. The monoisotopic (exact) mass is 796 g/mol. The highest BCUT2D eigenvalue weighted by Crippen LogP contribution is 2.37. The van der Waals surface area contributed by atoms with Gasteiger partial charge < -0.3 is 43.2 Å². The molecule has 2 aromatic rings. The molecule has 0 aliphatic carbocycles. The van der Waals surface area contributed by atoms with E-state index in [-0.39, 0.29) is 23.6 Å². The number of primary sulfonamides is 1. The van der Waals surface area contributed by atoms with Crippen LogP contribution in [0, 0.1) is 0 Å². The van der Waals surface area contributed by atoms with E-state index in [1.807, 2.05) is 6.92 Å². The second-order valence-corrected chi connectivity index (χ2v) is 13.0. The Morgan fingerprint density at radius 3 is 1.75 bits per heavy atom. The van der Waals surface area contributed by atoms with Crippen LogP contribution in [0.2, 0.25) is 0 Å². The van der Waals surface area contributed by atoms with Crippen molar-refractivity contribution in [2.24, 2.45) is 5.14 Å². The van der Waals surface area contributed by atoms with Gasteiger partial charge in [0.25, 0.3) is 0 Å². The number of hydrogen-bond donors (Lipinski definition) is 2. The molecule has 0 aliphatic heterocycles. The number of nitrogens with two attached hydrogens (primary N) is 1. The lowest BCUT2D eigenvalue weighted by Gasteiger charge is -2.19. The molecule has 4 unspecified atom stereocenters. The second-order valence-electron chi connectivity index (χ2n) is 11.4. The van der Waals surface area contributed by atoms with E-state index in [4.69, 9.17) is 43.0 Å². The van der Waals surface area contributed by atoms with Crippen molar-refractivity contribution in [3.05, 3.63) is 48.0 Å². The van der Waals surface area contributed by atoms with Crippen LogP contribution in [-0.2, 0) is 71.9 Å². The third kappa shape index (κ3) is 15.3. The van der Waals surface area contributed by atoms with E-state index in [9.17, 15) is 42.0 Å². The van der Waals surface area contributed by atoms with Crippen molar-refractivity contribution in [1.29, 1.82) is 0 Å². The third-order valence-electron chi connectivity index (χ3n) is 6.88. The fourth-order valence-corrected chi connectivity index (χ4v) is 4.76. The first-order chi connectivity index (χ1) is 25.9. The van der Waals surface area contributed by atoms with Crippen LogP contribution >= 0.6 is 0 Å². The van der Waals surface area contributed by atoms with Gasteiger partial charge in [0.05, 0.1) is 17.9 Å². The van der Waals surface area contributed by atoms with Crippen molar-refractivity contribution in [2.45, 2.75) is 83.7 Å². The zero-order valence-electron chi connectivity index (χ0n) is 31.0. The fraction of sp³-hybridized carbons (Fsp3) is 0.457. The smallest absolute Gasteiger partial charge is 0.347 e. The Morgan fingerprint density at radius 2 is 1.22 bits per heavy atom. The zero-order valence-corrected chi connectivity index (χ0v) is 31.8. The standard InChI is InChI=1S/C35H44N2O17S/c1-7-9-15-37-26-16-24(17-27(55(36,45)46)30(26)54-25-13-11-10-12-14-25)35(44)49-18-28(38)48-19-29(39)50-21(4)32(41)52-23(6)34(43)53-22(5)33(42)51-20(3)31(40)47-8-2/h10-14,16-17,20-23,37H,7-9,15,18-19H2,1-6H3,(H2,36,45,46). The lowest BCUT2D eigenvalue weighted by Crippen LogP contribution is -2.37. The molecule has 55 heavy (non-hydrogen) atoms. The van der Waals surface area contributed by atoms with Gasteiger partial charge in [0.1, 0.15) is 10.6 Å². The van der Waals surface area contributed by atoms with Gasteiger partial charge in [0, 0.05) is 6.54 Å². The molecule has 0 heterocycles. The molecule has 2 rings (SSSR count). The molecule has 19 nitrogen and oxygen atoms in total. The molecule has 0 spiro atoms. The van der Waals surface area contributed by atoms with Crippen molar-refractivity contribution in [2.75, 3.05) is 31.7 Å². The predicted molar refractivity (Wildman–Crippen MR) is 188 cm³/mol. The van der Waals surface area contributed by atoms with E-state index in [1.54, 1.807) is 37.3 Å². The molecule has 0 saturated carbocycles. The van der Waals surface area contributed by atoms with Crippen LogP contribution < -0.4 is 15.2 Å². The van der Waals surface area contributed by atoms with Gasteiger partial charge in [-0.15, -0.1) is 0 Å². The molecule has 0 aromatic heterocycles. The Hall–Kier alpha value is -5.76. The van der Waals surface area contributed by atoms with Gasteiger partial charge in [-0.1, -0.05) is 31.5 Å². The van der Waals surface area contributed by atoms with Crippen LogP contribution in [-0.4, -0.2) is 101 Å². The highest BCUT2D eigenvalue weighted by atomic mass is 32.2. The fourth-order valence-electron chi connectivity index (χ4n) is 4.06. The molecule has 0 saturated heterocycles. The normalized spacial score (nSPS) is 13.1. The first kappa shape index (κ1) is 45.4. The molecule has 3 N–H and O–H groups in total. The number of sulfonamides is 1. The van der Waals surface area contributed by atoms with E-state index >= 15 is 0 Å². The van der Waals surface area contributed by atoms with Crippen LogP contribution in [0.4, 0.5) is 5.69 Å². The average Bonchev–Trinajstić information content (AvgIpc) is 3.13.